The summed E-state index contributed by atoms with van der Waals surface area (Å²) in [6, 6.07) is 9.59. The summed E-state index contributed by atoms with van der Waals surface area (Å²) in [5.74, 6) is -2.05. The summed E-state index contributed by atoms with van der Waals surface area (Å²) >= 11 is 0. The fraction of sp³-hybridized carbons (Fsp3) is 0.318. The molecule has 222 valence electrons. The second-order valence-corrected chi connectivity index (χ2v) is 8.60. The highest BCUT2D eigenvalue weighted by Crippen LogP contribution is 2.30. The molecule has 4 N–H and O–H groups in total. The fourth-order valence-corrected chi connectivity index (χ4v) is 2.97. The Bertz CT molecular complexity index is 1180. The zero-order chi connectivity index (χ0) is 30.1. The molecule has 0 saturated carbocycles. The minimum Gasteiger partial charge on any atom is -0.485 e. The number of phosphoric acid groups is 1. The molecule has 40 heavy (non-hydrogen) atoms. The molecule has 18 heteroatoms. The molecule has 1 aliphatic rings. The maximum atomic E-state index is 12.3. The fourth-order valence-electron chi connectivity index (χ4n) is 2.97. The molecule has 0 spiro atoms. The van der Waals surface area contributed by atoms with Crippen LogP contribution < -0.4 is 9.47 Å². The average Bonchev–Trinajstić information content (AvgIpc) is 3.09. The van der Waals surface area contributed by atoms with Crippen molar-refractivity contribution in [1.29, 1.82) is 0 Å². The van der Waals surface area contributed by atoms with Crippen molar-refractivity contribution in [1.82, 2.24) is 0 Å². The standard InChI is InChI=1S/C22H18F6O7.H3O4P/c23-21(24,25)34-15-5-1-13(2-6-15)11-31-18-17(9-10-29)33-20(30)19(18)32-12-14-3-7-16(8-4-14)35-22(26,27)28;1-5(2,3)4/h1-8,17,29H,9-12H2;(H3,1,2,3,4). The van der Waals surface area contributed by atoms with Gasteiger partial charge in [-0.1, -0.05) is 24.3 Å². The molecular weight excluding hydrogens is 585 g/mol. The van der Waals surface area contributed by atoms with Gasteiger partial charge in [0.15, 0.2) is 11.9 Å². The topological polar surface area (TPSA) is 161 Å². The highest BCUT2D eigenvalue weighted by Gasteiger charge is 2.38. The second-order valence-electron chi connectivity index (χ2n) is 7.57. The molecule has 2 aromatic rings. The van der Waals surface area contributed by atoms with Gasteiger partial charge >= 0.3 is 26.5 Å². The summed E-state index contributed by atoms with van der Waals surface area (Å²) in [6.07, 6.45) is -10.6. The number of aliphatic hydroxyl groups is 1. The first-order valence-electron chi connectivity index (χ1n) is 10.7. The molecule has 0 bridgehead atoms. The number of hydrogen-bond acceptors (Lipinski definition) is 8. The number of ether oxygens (including phenoxy) is 5. The SMILES string of the molecule is O=C1OC(CCO)C(OCc2ccc(OC(F)(F)F)cc2)=C1OCc1ccc(OC(F)(F)F)cc1.O=P(O)(O)O. The van der Waals surface area contributed by atoms with Gasteiger partial charge in [0.2, 0.25) is 5.76 Å². The van der Waals surface area contributed by atoms with Crippen molar-refractivity contribution in [3.8, 4) is 11.5 Å². The van der Waals surface area contributed by atoms with E-state index in [-0.39, 0.29) is 37.8 Å². The highest BCUT2D eigenvalue weighted by atomic mass is 31.2. The first kappa shape index (κ1) is 32.7. The van der Waals surface area contributed by atoms with E-state index in [1.54, 1.807) is 0 Å². The molecule has 3 rings (SSSR count). The first-order valence-corrected chi connectivity index (χ1v) is 12.3. The first-order chi connectivity index (χ1) is 18.4. The molecule has 1 heterocycles. The lowest BCUT2D eigenvalue weighted by Gasteiger charge is -2.15. The molecule has 0 aromatic heterocycles. The van der Waals surface area contributed by atoms with Crippen LogP contribution in [0.4, 0.5) is 26.3 Å². The Kier molecular flexibility index (Phi) is 11.2. The summed E-state index contributed by atoms with van der Waals surface area (Å²) in [7, 11) is -4.64. The van der Waals surface area contributed by atoms with E-state index in [1.165, 1.54) is 24.3 Å². The Hall–Kier alpha value is -3.50. The third-order valence-corrected chi connectivity index (χ3v) is 4.43. The van der Waals surface area contributed by atoms with Crippen LogP contribution in [-0.4, -0.2) is 51.2 Å². The van der Waals surface area contributed by atoms with Gasteiger partial charge in [0, 0.05) is 13.0 Å². The van der Waals surface area contributed by atoms with Crippen molar-refractivity contribution in [2.75, 3.05) is 6.61 Å². The van der Waals surface area contributed by atoms with Gasteiger partial charge in [-0.15, -0.1) is 26.3 Å². The smallest absolute Gasteiger partial charge is 0.485 e. The zero-order valence-corrected chi connectivity index (χ0v) is 20.8. The summed E-state index contributed by atoms with van der Waals surface area (Å²) in [5.41, 5.74) is 0.846. The summed E-state index contributed by atoms with van der Waals surface area (Å²) in [5, 5.41) is 9.23. The maximum Gasteiger partial charge on any atom is 0.573 e. The van der Waals surface area contributed by atoms with E-state index in [1.807, 2.05) is 0 Å². The van der Waals surface area contributed by atoms with Crippen LogP contribution in [0, 0.1) is 0 Å². The number of carbonyl (C=O) groups excluding carboxylic acids is 1. The number of benzene rings is 2. The minimum atomic E-state index is -4.84. The monoisotopic (exact) mass is 606 g/mol. The third kappa shape index (κ3) is 12.6. The van der Waals surface area contributed by atoms with Gasteiger partial charge in [-0.3, -0.25) is 0 Å². The lowest BCUT2D eigenvalue weighted by molar-refractivity contribution is -0.275. The van der Waals surface area contributed by atoms with E-state index in [4.69, 9.17) is 33.5 Å². The molecular formula is C22H21F6O11P. The number of esters is 1. The van der Waals surface area contributed by atoms with Crippen molar-refractivity contribution in [3.05, 3.63) is 71.2 Å². The number of cyclic esters (lactones) is 1. The molecule has 1 atom stereocenters. The van der Waals surface area contributed by atoms with Gasteiger partial charge in [-0.05, 0) is 35.4 Å². The van der Waals surface area contributed by atoms with Gasteiger partial charge in [0.1, 0.15) is 24.7 Å². The van der Waals surface area contributed by atoms with Gasteiger partial charge in [0.05, 0.1) is 0 Å². The van der Waals surface area contributed by atoms with Gasteiger partial charge in [-0.25, -0.2) is 9.36 Å². The molecule has 0 fully saturated rings. The number of hydrogen-bond donors (Lipinski definition) is 4. The Balaban J connectivity index is 0.00000103. The molecule has 0 amide bonds. The molecule has 11 nitrogen and oxygen atoms in total. The van der Waals surface area contributed by atoms with E-state index in [2.05, 4.69) is 9.47 Å². The van der Waals surface area contributed by atoms with E-state index in [9.17, 15) is 36.2 Å². The maximum absolute atomic E-state index is 12.3. The van der Waals surface area contributed by atoms with Crippen LogP contribution in [0.15, 0.2) is 60.0 Å². The summed E-state index contributed by atoms with van der Waals surface area (Å²) in [6.45, 7) is -0.738. The third-order valence-electron chi connectivity index (χ3n) is 4.43. The molecule has 0 radical (unpaired) electrons. The number of rotatable bonds is 10. The van der Waals surface area contributed by atoms with Crippen LogP contribution in [-0.2, 0) is 36.8 Å². The summed E-state index contributed by atoms with van der Waals surface area (Å²) in [4.78, 5) is 33.8. The van der Waals surface area contributed by atoms with Crippen molar-refractivity contribution in [2.45, 2.75) is 38.5 Å². The molecule has 0 saturated heterocycles. The van der Waals surface area contributed by atoms with Crippen molar-refractivity contribution < 1.29 is 79.2 Å². The second kappa shape index (κ2) is 13.7. The van der Waals surface area contributed by atoms with E-state index in [0.717, 1.165) is 24.3 Å². The number of halogens is 6. The minimum absolute atomic E-state index is 0.00419. The van der Waals surface area contributed by atoms with E-state index in [0.29, 0.717) is 11.1 Å². The Labute approximate surface area is 221 Å². The van der Waals surface area contributed by atoms with Crippen LogP contribution in [0.5, 0.6) is 11.5 Å². The Morgan fingerprint density at radius 1 is 0.775 bits per heavy atom. The van der Waals surface area contributed by atoms with E-state index >= 15 is 0 Å². The quantitative estimate of drug-likeness (QED) is 0.177. The van der Waals surface area contributed by atoms with Crippen molar-refractivity contribution >= 4 is 13.8 Å². The molecule has 0 aliphatic carbocycles. The number of aliphatic hydroxyl groups excluding tert-OH is 1. The van der Waals surface area contributed by atoms with Crippen LogP contribution in [0.3, 0.4) is 0 Å². The van der Waals surface area contributed by atoms with Gasteiger partial charge in [0.25, 0.3) is 0 Å². The largest absolute Gasteiger partial charge is 0.573 e. The predicted molar refractivity (Wildman–Crippen MR) is 119 cm³/mol. The molecule has 1 aliphatic heterocycles. The highest BCUT2D eigenvalue weighted by molar-refractivity contribution is 7.45. The Morgan fingerprint density at radius 2 is 1.18 bits per heavy atom. The number of alkyl halides is 6. The van der Waals surface area contributed by atoms with Gasteiger partial charge in [-0.2, -0.15) is 0 Å². The normalized spacial score (nSPS) is 15.7. The Morgan fingerprint density at radius 3 is 1.55 bits per heavy atom. The van der Waals surface area contributed by atoms with Gasteiger partial charge < -0.3 is 43.5 Å². The van der Waals surface area contributed by atoms with E-state index < -0.39 is 44.1 Å². The number of carbonyl (C=O) groups is 1. The van der Waals surface area contributed by atoms with Crippen LogP contribution in [0.1, 0.15) is 17.5 Å². The lowest BCUT2D eigenvalue weighted by Crippen LogP contribution is -2.17. The summed E-state index contributed by atoms with van der Waals surface area (Å²) < 4.78 is 106. The van der Waals surface area contributed by atoms with Crippen molar-refractivity contribution in [3.63, 3.8) is 0 Å². The molecule has 1 unspecified atom stereocenters. The average molecular weight is 606 g/mol. The van der Waals surface area contributed by atoms with Crippen LogP contribution >= 0.6 is 7.82 Å². The zero-order valence-electron chi connectivity index (χ0n) is 19.9. The van der Waals surface area contributed by atoms with Crippen LogP contribution in [0.2, 0.25) is 0 Å². The van der Waals surface area contributed by atoms with Crippen LogP contribution in [0.25, 0.3) is 0 Å². The predicted octanol–water partition coefficient (Wildman–Crippen LogP) is 3.81. The van der Waals surface area contributed by atoms with Crippen molar-refractivity contribution in [2.24, 2.45) is 0 Å². The lowest BCUT2D eigenvalue weighted by atomic mass is 10.2. The molecule has 2 aromatic carbocycles.